The van der Waals surface area contributed by atoms with Crippen LogP contribution in [-0.2, 0) is 16.0 Å². The second kappa shape index (κ2) is 10.4. The van der Waals surface area contributed by atoms with E-state index in [0.717, 1.165) is 16.3 Å². The Hall–Kier alpha value is -3.56. The molecule has 0 fully saturated rings. The Bertz CT molecular complexity index is 1310. The first-order valence-corrected chi connectivity index (χ1v) is 11.9. The van der Waals surface area contributed by atoms with Gasteiger partial charge in [0.1, 0.15) is 0 Å². The van der Waals surface area contributed by atoms with Crippen LogP contribution in [0.2, 0.25) is 0 Å². The Labute approximate surface area is 198 Å². The lowest BCUT2D eigenvalue weighted by atomic mass is 10.0. The molecule has 1 heterocycles. The van der Waals surface area contributed by atoms with Gasteiger partial charge in [-0.1, -0.05) is 65.6 Å². The largest absolute Gasteiger partial charge is 0.325 e. The molecule has 1 aromatic heterocycles. The number of hydrogen-bond acceptors (Lipinski definition) is 7. The fourth-order valence-electron chi connectivity index (χ4n) is 3.21. The SMILES string of the molecule is CC(=O)c1ccc(NC(=O)CSc2nnc(NC(=O)Cc3cccc4ccccc34)s2)cc1. The van der Waals surface area contributed by atoms with Gasteiger partial charge in [0.2, 0.25) is 16.9 Å². The van der Waals surface area contributed by atoms with E-state index >= 15 is 0 Å². The van der Waals surface area contributed by atoms with Crippen molar-refractivity contribution in [3.63, 3.8) is 0 Å². The van der Waals surface area contributed by atoms with Crippen LogP contribution >= 0.6 is 23.1 Å². The number of nitrogens with one attached hydrogen (secondary N) is 2. The monoisotopic (exact) mass is 476 g/mol. The Morgan fingerprint density at radius 2 is 1.64 bits per heavy atom. The third kappa shape index (κ3) is 6.03. The van der Waals surface area contributed by atoms with E-state index < -0.39 is 0 Å². The van der Waals surface area contributed by atoms with Gasteiger partial charge in [0.15, 0.2) is 10.1 Å². The van der Waals surface area contributed by atoms with E-state index in [1.165, 1.54) is 30.0 Å². The Morgan fingerprint density at radius 1 is 0.879 bits per heavy atom. The van der Waals surface area contributed by atoms with E-state index in [4.69, 9.17) is 0 Å². The molecule has 9 heteroatoms. The minimum absolute atomic E-state index is 0.0280. The smallest absolute Gasteiger partial charge is 0.234 e. The lowest BCUT2D eigenvalue weighted by Crippen LogP contribution is -2.14. The Balaban J connectivity index is 1.28. The summed E-state index contributed by atoms with van der Waals surface area (Å²) in [6.07, 6.45) is 0.230. The van der Waals surface area contributed by atoms with Crippen molar-refractivity contribution in [2.75, 3.05) is 16.4 Å². The summed E-state index contributed by atoms with van der Waals surface area (Å²) >= 11 is 2.46. The number of nitrogens with zero attached hydrogens (tertiary/aromatic N) is 2. The highest BCUT2D eigenvalue weighted by molar-refractivity contribution is 8.01. The minimum atomic E-state index is -0.202. The van der Waals surface area contributed by atoms with Crippen molar-refractivity contribution in [2.24, 2.45) is 0 Å². The van der Waals surface area contributed by atoms with E-state index in [1.807, 2.05) is 42.5 Å². The number of ketones is 1. The van der Waals surface area contributed by atoms with Crippen LogP contribution in [0.5, 0.6) is 0 Å². The summed E-state index contributed by atoms with van der Waals surface area (Å²) in [6.45, 7) is 1.49. The van der Waals surface area contributed by atoms with Crippen LogP contribution < -0.4 is 10.6 Å². The van der Waals surface area contributed by atoms with Crippen molar-refractivity contribution in [3.8, 4) is 0 Å². The van der Waals surface area contributed by atoms with Gasteiger partial charge in [0.25, 0.3) is 0 Å². The molecular formula is C24H20N4O3S2. The topological polar surface area (TPSA) is 101 Å². The van der Waals surface area contributed by atoms with Crippen molar-refractivity contribution in [1.29, 1.82) is 0 Å². The van der Waals surface area contributed by atoms with Gasteiger partial charge in [-0.05, 0) is 47.5 Å². The third-order valence-corrected chi connectivity index (χ3v) is 6.76. The molecule has 0 radical (unpaired) electrons. The van der Waals surface area contributed by atoms with Crippen LogP contribution in [0, 0.1) is 0 Å². The maximum Gasteiger partial charge on any atom is 0.234 e. The number of anilines is 2. The average molecular weight is 477 g/mol. The summed E-state index contributed by atoms with van der Waals surface area (Å²) in [4.78, 5) is 36.0. The summed E-state index contributed by atoms with van der Waals surface area (Å²) < 4.78 is 0.581. The standard InChI is InChI=1S/C24H20N4O3S2/c1-15(29)16-9-11-19(12-10-16)25-22(31)14-32-24-28-27-23(33-24)26-21(30)13-18-7-4-6-17-5-2-3-8-20(17)18/h2-12H,13-14H2,1H3,(H,25,31)(H,26,27,30). The van der Waals surface area contributed by atoms with Crippen LogP contribution in [0.3, 0.4) is 0 Å². The molecule has 0 saturated carbocycles. The normalized spacial score (nSPS) is 10.7. The van der Waals surface area contributed by atoms with Gasteiger partial charge in [0, 0.05) is 11.3 Å². The van der Waals surface area contributed by atoms with Crippen molar-refractivity contribution in [2.45, 2.75) is 17.7 Å². The quantitative estimate of drug-likeness (QED) is 0.215. The lowest BCUT2D eigenvalue weighted by molar-refractivity contribution is -0.115. The number of carbonyl (C=O) groups excluding carboxylic acids is 3. The van der Waals surface area contributed by atoms with Gasteiger partial charge < -0.3 is 10.6 Å². The van der Waals surface area contributed by atoms with Crippen molar-refractivity contribution in [3.05, 3.63) is 77.9 Å². The third-order valence-electron chi connectivity index (χ3n) is 4.79. The highest BCUT2D eigenvalue weighted by atomic mass is 32.2. The second-order valence-corrected chi connectivity index (χ2v) is 9.41. The van der Waals surface area contributed by atoms with Crippen molar-refractivity contribution < 1.29 is 14.4 Å². The number of benzene rings is 3. The predicted octanol–water partition coefficient (Wildman–Crippen LogP) is 4.81. The zero-order valence-corrected chi connectivity index (χ0v) is 19.3. The average Bonchev–Trinajstić information content (AvgIpc) is 3.25. The van der Waals surface area contributed by atoms with E-state index in [2.05, 4.69) is 20.8 Å². The molecule has 2 amide bonds. The first-order chi connectivity index (χ1) is 16.0. The fraction of sp³-hybridized carbons (Fsp3) is 0.125. The molecule has 4 rings (SSSR count). The number of carbonyl (C=O) groups is 3. The summed E-state index contributed by atoms with van der Waals surface area (Å²) in [5.74, 6) is -0.259. The Kier molecular flexibility index (Phi) is 7.11. The molecule has 0 bridgehead atoms. The molecule has 0 saturated heterocycles. The van der Waals surface area contributed by atoms with E-state index in [0.29, 0.717) is 20.7 Å². The first-order valence-electron chi connectivity index (χ1n) is 10.1. The first kappa shape index (κ1) is 22.6. The van der Waals surface area contributed by atoms with Crippen LogP contribution in [0.1, 0.15) is 22.8 Å². The number of amides is 2. The fourth-order valence-corrected chi connectivity index (χ4v) is 4.78. The molecule has 0 unspecified atom stereocenters. The van der Waals surface area contributed by atoms with Crippen LogP contribution in [0.4, 0.5) is 10.8 Å². The van der Waals surface area contributed by atoms with Gasteiger partial charge >= 0.3 is 0 Å². The molecule has 166 valence electrons. The molecule has 3 aromatic carbocycles. The van der Waals surface area contributed by atoms with Crippen molar-refractivity contribution >= 4 is 62.3 Å². The van der Waals surface area contributed by atoms with Gasteiger partial charge in [-0.25, -0.2) is 0 Å². The highest BCUT2D eigenvalue weighted by Crippen LogP contribution is 2.26. The van der Waals surface area contributed by atoms with E-state index in [9.17, 15) is 14.4 Å². The van der Waals surface area contributed by atoms with Gasteiger partial charge in [-0.3, -0.25) is 14.4 Å². The minimum Gasteiger partial charge on any atom is -0.325 e. The molecule has 33 heavy (non-hydrogen) atoms. The summed E-state index contributed by atoms with van der Waals surface area (Å²) in [5, 5.41) is 16.1. The molecule has 7 nitrogen and oxygen atoms in total. The van der Waals surface area contributed by atoms with Crippen LogP contribution in [0.25, 0.3) is 10.8 Å². The second-order valence-electron chi connectivity index (χ2n) is 7.21. The molecule has 0 spiro atoms. The number of hydrogen-bond donors (Lipinski definition) is 2. The number of Topliss-reactive ketones (excluding diaryl/α,β-unsaturated/α-hetero) is 1. The van der Waals surface area contributed by atoms with Crippen molar-refractivity contribution in [1.82, 2.24) is 10.2 Å². The van der Waals surface area contributed by atoms with Gasteiger partial charge in [-0.2, -0.15) is 0 Å². The number of fused-ring (bicyclic) bond motifs is 1. The predicted molar refractivity (Wildman–Crippen MR) is 132 cm³/mol. The lowest BCUT2D eigenvalue weighted by Gasteiger charge is -2.06. The van der Waals surface area contributed by atoms with Gasteiger partial charge in [0.05, 0.1) is 12.2 Å². The van der Waals surface area contributed by atoms with Gasteiger partial charge in [-0.15, -0.1) is 10.2 Å². The molecular weight excluding hydrogens is 456 g/mol. The molecule has 2 N–H and O–H groups in total. The maximum absolute atomic E-state index is 12.5. The number of rotatable bonds is 8. The van der Waals surface area contributed by atoms with Crippen LogP contribution in [-0.4, -0.2) is 33.5 Å². The highest BCUT2D eigenvalue weighted by Gasteiger charge is 2.12. The molecule has 0 aliphatic rings. The molecule has 0 atom stereocenters. The maximum atomic E-state index is 12.5. The summed E-state index contributed by atoms with van der Waals surface area (Å²) in [6, 6.07) is 20.5. The molecule has 0 aliphatic heterocycles. The zero-order chi connectivity index (χ0) is 23.2. The van der Waals surface area contributed by atoms with E-state index in [1.54, 1.807) is 24.3 Å². The summed E-state index contributed by atoms with van der Waals surface area (Å²) in [7, 11) is 0. The van der Waals surface area contributed by atoms with E-state index in [-0.39, 0.29) is 29.8 Å². The summed E-state index contributed by atoms with van der Waals surface area (Å²) in [5.41, 5.74) is 2.15. The number of thioether (sulfide) groups is 1. The zero-order valence-electron chi connectivity index (χ0n) is 17.7. The molecule has 0 aliphatic carbocycles. The van der Waals surface area contributed by atoms with Crippen LogP contribution in [0.15, 0.2) is 71.1 Å². The Morgan fingerprint density at radius 3 is 2.42 bits per heavy atom. The number of aromatic nitrogens is 2. The molecule has 4 aromatic rings.